The van der Waals surface area contributed by atoms with Crippen LogP contribution >= 0.6 is 12.4 Å². The van der Waals surface area contributed by atoms with Gasteiger partial charge in [-0.2, -0.15) is 0 Å². The van der Waals surface area contributed by atoms with E-state index in [9.17, 15) is 4.79 Å². The first-order chi connectivity index (χ1) is 8.63. The number of hydrogen-bond donors (Lipinski definition) is 1. The molecule has 0 aliphatic carbocycles. The van der Waals surface area contributed by atoms with Crippen molar-refractivity contribution in [3.8, 4) is 0 Å². The van der Waals surface area contributed by atoms with Gasteiger partial charge in [-0.05, 0) is 37.8 Å². The van der Waals surface area contributed by atoms with Crippen LogP contribution in [0, 0.1) is 11.8 Å². The van der Waals surface area contributed by atoms with Gasteiger partial charge in [0.1, 0.15) is 0 Å². The number of carbonyl (C=O) groups excluding carboxylic acids is 1. The third-order valence-corrected chi connectivity index (χ3v) is 3.43. The van der Waals surface area contributed by atoms with Crippen molar-refractivity contribution in [3.63, 3.8) is 0 Å². The van der Waals surface area contributed by atoms with Crippen LogP contribution < -0.4 is 5.32 Å². The van der Waals surface area contributed by atoms with Gasteiger partial charge in [0.2, 0.25) is 5.91 Å². The normalized spacial score (nSPS) is 16.2. The summed E-state index contributed by atoms with van der Waals surface area (Å²) in [7, 11) is 1.69. The lowest BCUT2D eigenvalue weighted by Gasteiger charge is -2.28. The maximum atomic E-state index is 12.3. The molecule has 114 valence electrons. The van der Waals surface area contributed by atoms with Crippen LogP contribution in [0.4, 0.5) is 0 Å². The Bertz CT molecular complexity index is 244. The van der Waals surface area contributed by atoms with Crippen LogP contribution in [-0.4, -0.2) is 50.7 Å². The Labute approximate surface area is 123 Å². The van der Waals surface area contributed by atoms with E-state index in [1.54, 1.807) is 7.11 Å². The van der Waals surface area contributed by atoms with Gasteiger partial charge in [0.25, 0.3) is 0 Å². The Morgan fingerprint density at radius 3 is 2.53 bits per heavy atom. The molecule has 0 bridgehead atoms. The summed E-state index contributed by atoms with van der Waals surface area (Å²) in [6, 6.07) is 0. The van der Waals surface area contributed by atoms with Crippen LogP contribution in [-0.2, 0) is 9.53 Å². The van der Waals surface area contributed by atoms with Crippen molar-refractivity contribution < 1.29 is 9.53 Å². The van der Waals surface area contributed by atoms with Crippen LogP contribution in [0.5, 0.6) is 0 Å². The molecule has 1 aliphatic heterocycles. The monoisotopic (exact) mass is 292 g/mol. The summed E-state index contributed by atoms with van der Waals surface area (Å²) in [5, 5.41) is 3.34. The number of piperidine rings is 1. The van der Waals surface area contributed by atoms with Crippen molar-refractivity contribution >= 4 is 18.3 Å². The zero-order chi connectivity index (χ0) is 13.4. The Kier molecular flexibility index (Phi) is 10.3. The smallest absolute Gasteiger partial charge is 0.222 e. The first-order valence-electron chi connectivity index (χ1n) is 7.11. The van der Waals surface area contributed by atoms with Gasteiger partial charge in [0, 0.05) is 26.6 Å². The van der Waals surface area contributed by atoms with Crippen LogP contribution in [0.25, 0.3) is 0 Å². The van der Waals surface area contributed by atoms with E-state index in [1.165, 1.54) is 0 Å². The summed E-state index contributed by atoms with van der Waals surface area (Å²) in [5.41, 5.74) is 0. The molecule has 0 aromatic carbocycles. The molecule has 19 heavy (non-hydrogen) atoms. The van der Waals surface area contributed by atoms with Crippen LogP contribution in [0.15, 0.2) is 0 Å². The number of carbonyl (C=O) groups is 1. The molecular formula is C14H29ClN2O2. The molecule has 1 fully saturated rings. The van der Waals surface area contributed by atoms with Crippen molar-refractivity contribution in [2.75, 3.05) is 39.9 Å². The van der Waals surface area contributed by atoms with Gasteiger partial charge in [-0.25, -0.2) is 0 Å². The molecular weight excluding hydrogens is 264 g/mol. The Morgan fingerprint density at radius 1 is 1.37 bits per heavy atom. The van der Waals surface area contributed by atoms with Gasteiger partial charge < -0.3 is 15.0 Å². The fourth-order valence-electron chi connectivity index (χ4n) is 2.42. The zero-order valence-corrected chi connectivity index (χ0v) is 13.3. The van der Waals surface area contributed by atoms with Crippen LogP contribution in [0.1, 0.15) is 33.1 Å². The van der Waals surface area contributed by atoms with Gasteiger partial charge >= 0.3 is 0 Å². The number of amides is 1. The predicted molar refractivity (Wildman–Crippen MR) is 80.8 cm³/mol. The minimum atomic E-state index is 0. The standard InChI is InChI=1S/C14H28N2O2.ClH/c1-12(2)11-16(8-9-18-3)14(17)10-13-4-6-15-7-5-13;/h12-13,15H,4-11H2,1-3H3;1H. The highest BCUT2D eigenvalue weighted by Gasteiger charge is 2.21. The van der Waals surface area contributed by atoms with Crippen molar-refractivity contribution in [1.29, 1.82) is 0 Å². The van der Waals surface area contributed by atoms with E-state index < -0.39 is 0 Å². The van der Waals surface area contributed by atoms with E-state index in [0.29, 0.717) is 30.8 Å². The largest absolute Gasteiger partial charge is 0.383 e. The van der Waals surface area contributed by atoms with Crippen LogP contribution in [0.2, 0.25) is 0 Å². The maximum absolute atomic E-state index is 12.3. The Balaban J connectivity index is 0.00000324. The maximum Gasteiger partial charge on any atom is 0.222 e. The van der Waals surface area contributed by atoms with Gasteiger partial charge in [0.05, 0.1) is 6.61 Å². The van der Waals surface area contributed by atoms with Gasteiger partial charge in [0.15, 0.2) is 0 Å². The first-order valence-corrected chi connectivity index (χ1v) is 7.11. The molecule has 0 aromatic rings. The molecule has 1 amide bonds. The average molecular weight is 293 g/mol. The lowest BCUT2D eigenvalue weighted by atomic mass is 9.94. The zero-order valence-electron chi connectivity index (χ0n) is 12.5. The number of nitrogens with one attached hydrogen (secondary N) is 1. The van der Waals surface area contributed by atoms with Gasteiger partial charge in [-0.1, -0.05) is 13.8 Å². The number of halogens is 1. The van der Waals surface area contributed by atoms with Gasteiger partial charge in [-0.3, -0.25) is 4.79 Å². The molecule has 1 heterocycles. The number of methoxy groups -OCH3 is 1. The highest BCUT2D eigenvalue weighted by Crippen LogP contribution is 2.17. The fourth-order valence-corrected chi connectivity index (χ4v) is 2.42. The van der Waals surface area contributed by atoms with E-state index in [4.69, 9.17) is 4.74 Å². The van der Waals surface area contributed by atoms with E-state index in [2.05, 4.69) is 19.2 Å². The predicted octanol–water partition coefficient (Wildman–Crippen LogP) is 1.93. The molecule has 0 spiro atoms. The summed E-state index contributed by atoms with van der Waals surface area (Å²) in [4.78, 5) is 14.3. The summed E-state index contributed by atoms with van der Waals surface area (Å²) in [6.07, 6.45) is 2.97. The SMILES string of the molecule is COCCN(CC(C)C)C(=O)CC1CCNCC1.Cl. The molecule has 5 heteroatoms. The number of ether oxygens (including phenoxy) is 1. The number of nitrogens with zero attached hydrogens (tertiary/aromatic N) is 1. The molecule has 0 atom stereocenters. The Morgan fingerprint density at radius 2 is 2.00 bits per heavy atom. The second-order valence-corrected chi connectivity index (χ2v) is 5.62. The molecule has 0 aromatic heterocycles. The topological polar surface area (TPSA) is 41.6 Å². The minimum Gasteiger partial charge on any atom is -0.383 e. The molecule has 1 N–H and O–H groups in total. The van der Waals surface area contributed by atoms with E-state index >= 15 is 0 Å². The van der Waals surface area contributed by atoms with Crippen molar-refractivity contribution in [2.24, 2.45) is 11.8 Å². The second kappa shape index (κ2) is 10.5. The third-order valence-electron chi connectivity index (χ3n) is 3.43. The van der Waals surface area contributed by atoms with Crippen molar-refractivity contribution in [3.05, 3.63) is 0 Å². The second-order valence-electron chi connectivity index (χ2n) is 5.62. The molecule has 1 rings (SSSR count). The van der Waals surface area contributed by atoms with Crippen molar-refractivity contribution in [2.45, 2.75) is 33.1 Å². The minimum absolute atomic E-state index is 0. The number of hydrogen-bond acceptors (Lipinski definition) is 3. The van der Waals surface area contributed by atoms with E-state index in [-0.39, 0.29) is 12.4 Å². The fraction of sp³-hybridized carbons (Fsp3) is 0.929. The third kappa shape index (κ3) is 7.75. The summed E-state index contributed by atoms with van der Waals surface area (Å²) in [6.45, 7) is 8.60. The quantitative estimate of drug-likeness (QED) is 0.780. The molecule has 0 radical (unpaired) electrons. The molecule has 0 saturated carbocycles. The molecule has 4 nitrogen and oxygen atoms in total. The highest BCUT2D eigenvalue weighted by atomic mass is 35.5. The first kappa shape index (κ1) is 18.7. The van der Waals surface area contributed by atoms with Crippen molar-refractivity contribution in [1.82, 2.24) is 10.2 Å². The lowest BCUT2D eigenvalue weighted by Crippen LogP contribution is -2.39. The molecule has 0 unspecified atom stereocenters. The van der Waals surface area contributed by atoms with E-state index in [1.807, 2.05) is 4.90 Å². The van der Waals surface area contributed by atoms with E-state index in [0.717, 1.165) is 39.0 Å². The summed E-state index contributed by atoms with van der Waals surface area (Å²) >= 11 is 0. The molecule has 1 aliphatic rings. The highest BCUT2D eigenvalue weighted by molar-refractivity contribution is 5.85. The van der Waals surface area contributed by atoms with Crippen LogP contribution in [0.3, 0.4) is 0 Å². The number of rotatable bonds is 7. The summed E-state index contributed by atoms with van der Waals surface area (Å²) in [5.74, 6) is 1.38. The van der Waals surface area contributed by atoms with Gasteiger partial charge in [-0.15, -0.1) is 12.4 Å². The Hall–Kier alpha value is -0.320. The summed E-state index contributed by atoms with van der Waals surface area (Å²) < 4.78 is 5.09. The lowest BCUT2D eigenvalue weighted by molar-refractivity contribution is -0.133. The average Bonchev–Trinajstić information content (AvgIpc) is 2.35. The molecule has 1 saturated heterocycles.